The molecule has 4 aromatic rings. The Labute approximate surface area is 235 Å². The Bertz CT molecular complexity index is 1670. The molecule has 0 aromatic carbocycles. The average Bonchev–Trinajstić information content (AvgIpc) is 3.41. The van der Waals surface area contributed by atoms with Crippen LogP contribution in [-0.2, 0) is 22.1 Å². The minimum Gasteiger partial charge on any atom is -0.454 e. The molecule has 1 aliphatic heterocycles. The van der Waals surface area contributed by atoms with Crippen molar-refractivity contribution in [2.75, 3.05) is 23.8 Å². The van der Waals surface area contributed by atoms with Crippen molar-refractivity contribution in [1.82, 2.24) is 29.3 Å². The first kappa shape index (κ1) is 26.0. The summed E-state index contributed by atoms with van der Waals surface area (Å²) in [6.45, 7) is 14.6. The number of nitrogens with one attached hydrogen (secondary N) is 2. The highest BCUT2D eigenvalue weighted by Gasteiger charge is 2.52. The molecular formula is C27H28ClN9O3. The van der Waals surface area contributed by atoms with E-state index >= 15 is 0 Å². The average molecular weight is 562 g/mol. The molecule has 0 bridgehead atoms. The minimum absolute atomic E-state index is 0.228. The Balaban J connectivity index is 1.28. The van der Waals surface area contributed by atoms with Crippen LogP contribution in [0, 0.1) is 12.0 Å². The van der Waals surface area contributed by atoms with Crippen molar-refractivity contribution in [1.29, 1.82) is 0 Å². The first-order valence-electron chi connectivity index (χ1n) is 12.8. The monoisotopic (exact) mass is 561 g/mol. The van der Waals surface area contributed by atoms with E-state index in [1.807, 2.05) is 31.6 Å². The second kappa shape index (κ2) is 9.46. The smallest absolute Gasteiger partial charge is 0.268 e. The molecular weight excluding hydrogens is 534 g/mol. The van der Waals surface area contributed by atoms with Crippen LogP contribution < -0.4 is 15.4 Å². The molecule has 5 heterocycles. The SMILES string of the molecule is [C-]#[N+]C(C)(C)c1cc(Nc2nc3ncc(Oc4ccnc(NC(C)=O)c4)c(Cl)c3n2C)nn1C1CC2(COC2)C1. The maximum atomic E-state index is 11.4. The summed E-state index contributed by atoms with van der Waals surface area (Å²) < 4.78 is 15.2. The van der Waals surface area contributed by atoms with Gasteiger partial charge >= 0.3 is 0 Å². The number of rotatable bonds is 7. The van der Waals surface area contributed by atoms with Gasteiger partial charge in [-0.15, -0.1) is 0 Å². The van der Waals surface area contributed by atoms with Crippen LogP contribution in [0.3, 0.4) is 0 Å². The standard InChI is InChI=1S/C27H28ClN9O3/c1-15(38)32-20-8-17(6-7-30-20)40-18-12-31-24-23(22(18)28)36(5)25(34-24)33-21-9-19(26(2,3)29-4)37(35-21)16-10-27(11-16)13-39-14-27/h6-9,12,16H,10-11,13-14H2,1-3,5H3,(H,30,32,38)(H,31,33,34,35). The summed E-state index contributed by atoms with van der Waals surface area (Å²) in [4.78, 5) is 28.4. The van der Waals surface area contributed by atoms with Crippen LogP contribution >= 0.6 is 11.6 Å². The molecule has 2 fully saturated rings. The number of hydrogen-bond donors (Lipinski definition) is 2. The molecule has 4 aromatic heterocycles. The third-order valence-electron chi connectivity index (χ3n) is 7.45. The molecule has 2 aliphatic rings. The van der Waals surface area contributed by atoms with E-state index < -0.39 is 5.54 Å². The van der Waals surface area contributed by atoms with Gasteiger partial charge in [0.05, 0.1) is 25.5 Å². The van der Waals surface area contributed by atoms with Crippen LogP contribution in [-0.4, -0.2) is 48.4 Å². The Morgan fingerprint density at radius 3 is 2.73 bits per heavy atom. The molecule has 1 spiro atoms. The van der Waals surface area contributed by atoms with Crippen molar-refractivity contribution in [3.63, 3.8) is 0 Å². The number of carbonyl (C=O) groups is 1. The molecule has 206 valence electrons. The highest BCUT2D eigenvalue weighted by Crippen LogP contribution is 2.54. The zero-order valence-corrected chi connectivity index (χ0v) is 23.3. The fourth-order valence-electron chi connectivity index (χ4n) is 5.25. The number of fused-ring (bicyclic) bond motifs is 1. The largest absolute Gasteiger partial charge is 0.454 e. The normalized spacial score (nSPS) is 16.3. The van der Waals surface area contributed by atoms with Crippen LogP contribution in [0.4, 0.5) is 17.6 Å². The zero-order valence-electron chi connectivity index (χ0n) is 22.5. The Hall–Kier alpha value is -4.21. The molecule has 0 atom stereocenters. The minimum atomic E-state index is -0.734. The van der Waals surface area contributed by atoms with Crippen molar-refractivity contribution in [2.24, 2.45) is 12.5 Å². The van der Waals surface area contributed by atoms with Gasteiger partial charge < -0.3 is 29.5 Å². The molecule has 0 unspecified atom stereocenters. The van der Waals surface area contributed by atoms with Crippen molar-refractivity contribution >= 4 is 46.3 Å². The number of aryl methyl sites for hydroxylation is 1. The fourth-order valence-corrected chi connectivity index (χ4v) is 5.55. The van der Waals surface area contributed by atoms with E-state index in [-0.39, 0.29) is 17.4 Å². The highest BCUT2D eigenvalue weighted by atomic mass is 35.5. The second-order valence-electron chi connectivity index (χ2n) is 11.0. The topological polar surface area (TPSA) is 125 Å². The van der Waals surface area contributed by atoms with Gasteiger partial charge in [-0.25, -0.2) is 16.5 Å². The number of halogens is 1. The van der Waals surface area contributed by atoms with Gasteiger partial charge in [-0.3, -0.25) is 9.48 Å². The van der Waals surface area contributed by atoms with Crippen molar-refractivity contribution in [2.45, 2.75) is 45.2 Å². The number of anilines is 3. The first-order chi connectivity index (χ1) is 19.1. The van der Waals surface area contributed by atoms with Gasteiger partial charge in [0.15, 0.2) is 17.2 Å². The van der Waals surface area contributed by atoms with Gasteiger partial charge in [-0.1, -0.05) is 11.6 Å². The summed E-state index contributed by atoms with van der Waals surface area (Å²) in [5.74, 6) is 1.97. The molecule has 2 N–H and O–H groups in total. The molecule has 1 saturated carbocycles. The number of carbonyl (C=O) groups excluding carboxylic acids is 1. The summed E-state index contributed by atoms with van der Waals surface area (Å²) in [5.41, 5.74) is 1.40. The van der Waals surface area contributed by atoms with Crippen molar-refractivity contribution in [3.05, 3.63) is 52.7 Å². The van der Waals surface area contributed by atoms with E-state index in [0.717, 1.165) is 31.7 Å². The predicted octanol–water partition coefficient (Wildman–Crippen LogP) is 5.21. The van der Waals surface area contributed by atoms with Gasteiger partial charge in [0.2, 0.25) is 11.9 Å². The van der Waals surface area contributed by atoms with E-state index in [1.165, 1.54) is 19.3 Å². The third kappa shape index (κ3) is 4.51. The molecule has 1 saturated heterocycles. The lowest BCUT2D eigenvalue weighted by Crippen LogP contribution is -2.53. The number of nitrogens with zero attached hydrogens (tertiary/aromatic N) is 7. The molecule has 40 heavy (non-hydrogen) atoms. The van der Waals surface area contributed by atoms with Gasteiger partial charge in [0, 0.05) is 51.6 Å². The Morgan fingerprint density at radius 1 is 1.27 bits per heavy atom. The Morgan fingerprint density at radius 2 is 2.05 bits per heavy atom. The highest BCUT2D eigenvalue weighted by molar-refractivity contribution is 6.36. The number of amides is 1. The third-order valence-corrected chi connectivity index (χ3v) is 7.82. The lowest BCUT2D eigenvalue weighted by molar-refractivity contribution is -0.176. The van der Waals surface area contributed by atoms with Gasteiger partial charge in [0.1, 0.15) is 27.8 Å². The van der Waals surface area contributed by atoms with Crippen LogP contribution in [0.25, 0.3) is 16.0 Å². The summed E-state index contributed by atoms with van der Waals surface area (Å²) in [6, 6.07) is 5.40. The predicted molar refractivity (Wildman–Crippen MR) is 149 cm³/mol. The molecule has 13 heteroatoms. The van der Waals surface area contributed by atoms with E-state index in [9.17, 15) is 4.79 Å². The summed E-state index contributed by atoms with van der Waals surface area (Å²) in [7, 11) is 1.82. The first-order valence-corrected chi connectivity index (χ1v) is 13.2. The van der Waals surface area contributed by atoms with Crippen LogP contribution in [0.5, 0.6) is 11.5 Å². The quantitative estimate of drug-likeness (QED) is 0.294. The summed E-state index contributed by atoms with van der Waals surface area (Å²) in [6.07, 6.45) is 5.02. The molecule has 6 rings (SSSR count). The lowest BCUT2D eigenvalue weighted by atomic mass is 9.64. The van der Waals surface area contributed by atoms with Gasteiger partial charge in [-0.2, -0.15) is 10.1 Å². The van der Waals surface area contributed by atoms with E-state index in [1.54, 1.807) is 16.7 Å². The van der Waals surface area contributed by atoms with Crippen LogP contribution in [0.15, 0.2) is 30.6 Å². The van der Waals surface area contributed by atoms with Gasteiger partial charge in [-0.05, 0) is 18.9 Å². The fraction of sp³-hybridized carbons (Fsp3) is 0.407. The van der Waals surface area contributed by atoms with Gasteiger partial charge in [0.25, 0.3) is 5.54 Å². The maximum Gasteiger partial charge on any atom is 0.268 e. The number of ether oxygens (including phenoxy) is 2. The zero-order chi connectivity index (χ0) is 28.2. The molecule has 1 amide bonds. The van der Waals surface area contributed by atoms with Crippen molar-refractivity contribution < 1.29 is 14.3 Å². The number of hydrogen-bond acceptors (Lipinski definition) is 8. The number of imidazole rings is 1. The van der Waals surface area contributed by atoms with E-state index in [4.69, 9.17) is 32.7 Å². The van der Waals surface area contributed by atoms with Crippen molar-refractivity contribution in [3.8, 4) is 11.5 Å². The molecule has 12 nitrogen and oxygen atoms in total. The maximum absolute atomic E-state index is 11.4. The lowest BCUT2D eigenvalue weighted by Gasteiger charge is -2.53. The van der Waals surface area contributed by atoms with Crippen LogP contribution in [0.1, 0.15) is 45.3 Å². The van der Waals surface area contributed by atoms with E-state index in [0.29, 0.717) is 45.3 Å². The Kier molecular flexibility index (Phi) is 6.16. The molecule has 0 radical (unpaired) electrons. The number of pyridine rings is 2. The second-order valence-corrected chi connectivity index (χ2v) is 11.4. The molecule has 1 aliphatic carbocycles. The summed E-state index contributed by atoms with van der Waals surface area (Å²) in [5, 5.41) is 11.1. The summed E-state index contributed by atoms with van der Waals surface area (Å²) >= 11 is 6.76. The van der Waals surface area contributed by atoms with E-state index in [2.05, 4.69) is 30.4 Å². The number of aromatic nitrogens is 6. The van der Waals surface area contributed by atoms with Crippen LogP contribution in [0.2, 0.25) is 5.02 Å².